The Morgan fingerprint density at radius 1 is 1.40 bits per heavy atom. The highest BCUT2D eigenvalue weighted by Gasteiger charge is 2.23. The summed E-state index contributed by atoms with van der Waals surface area (Å²) in [6.45, 7) is 3.88. The summed E-state index contributed by atoms with van der Waals surface area (Å²) >= 11 is 5.99. The van der Waals surface area contributed by atoms with Gasteiger partial charge in [-0.05, 0) is 25.5 Å². The van der Waals surface area contributed by atoms with Gasteiger partial charge in [0.15, 0.2) is 0 Å². The molecule has 3 heteroatoms. The third-order valence-electron chi connectivity index (χ3n) is 2.50. The normalized spacial score (nSPS) is 13.9. The lowest BCUT2D eigenvalue weighted by Crippen LogP contribution is -2.25. The second-order valence-corrected chi connectivity index (χ2v) is 4.61. The number of methoxy groups -OCH3 is 1. The van der Waals surface area contributed by atoms with Gasteiger partial charge in [-0.2, -0.15) is 0 Å². The van der Waals surface area contributed by atoms with Crippen molar-refractivity contribution in [3.8, 4) is 0 Å². The zero-order chi connectivity index (χ0) is 11.5. The first kappa shape index (κ1) is 12.5. The fourth-order valence-electron chi connectivity index (χ4n) is 1.40. The van der Waals surface area contributed by atoms with E-state index < -0.39 is 6.10 Å². The van der Waals surface area contributed by atoms with E-state index in [0.717, 1.165) is 5.56 Å². The molecule has 0 bridgehead atoms. The smallest absolute Gasteiger partial charge is 0.0831 e. The van der Waals surface area contributed by atoms with E-state index in [2.05, 4.69) is 0 Å². The van der Waals surface area contributed by atoms with Gasteiger partial charge in [-0.15, -0.1) is 0 Å². The van der Waals surface area contributed by atoms with Crippen molar-refractivity contribution in [1.29, 1.82) is 0 Å². The molecule has 1 unspecified atom stereocenters. The van der Waals surface area contributed by atoms with Gasteiger partial charge in [-0.1, -0.05) is 29.8 Å². The summed E-state index contributed by atoms with van der Waals surface area (Å²) in [6, 6.07) is 7.32. The maximum atomic E-state index is 10.0. The van der Waals surface area contributed by atoms with Gasteiger partial charge in [0, 0.05) is 18.6 Å². The highest BCUT2D eigenvalue weighted by atomic mass is 35.5. The van der Waals surface area contributed by atoms with Crippen LogP contribution in [0.25, 0.3) is 0 Å². The van der Waals surface area contributed by atoms with Gasteiger partial charge in [0.05, 0.1) is 11.7 Å². The number of benzene rings is 1. The highest BCUT2D eigenvalue weighted by molar-refractivity contribution is 6.31. The van der Waals surface area contributed by atoms with Crippen molar-refractivity contribution in [3.63, 3.8) is 0 Å². The molecule has 1 N–H and O–H groups in total. The summed E-state index contributed by atoms with van der Waals surface area (Å²) in [4.78, 5) is 0. The minimum absolute atomic E-state index is 0.349. The molecule has 0 aliphatic carbocycles. The van der Waals surface area contributed by atoms with Crippen LogP contribution in [0.4, 0.5) is 0 Å². The SMILES string of the molecule is COC(C)(C)CC(O)c1ccccc1Cl. The molecule has 0 saturated carbocycles. The van der Waals surface area contributed by atoms with Crippen LogP contribution in [-0.4, -0.2) is 17.8 Å². The number of halogens is 1. The molecule has 0 saturated heterocycles. The van der Waals surface area contributed by atoms with Gasteiger partial charge < -0.3 is 9.84 Å². The Balaban J connectivity index is 2.78. The van der Waals surface area contributed by atoms with Crippen LogP contribution < -0.4 is 0 Å². The zero-order valence-electron chi connectivity index (χ0n) is 9.33. The molecule has 0 amide bonds. The van der Waals surface area contributed by atoms with Crippen molar-refractivity contribution in [2.75, 3.05) is 7.11 Å². The standard InChI is InChI=1S/C12H17ClO2/c1-12(2,15-3)8-11(14)9-6-4-5-7-10(9)13/h4-7,11,14H,8H2,1-3H3. The molecular formula is C12H17ClO2. The number of aliphatic hydroxyl groups excluding tert-OH is 1. The summed E-state index contributed by atoms with van der Waals surface area (Å²) in [5.74, 6) is 0. The Morgan fingerprint density at radius 2 is 2.00 bits per heavy atom. The molecule has 1 rings (SSSR count). The van der Waals surface area contributed by atoms with Crippen LogP contribution in [0.3, 0.4) is 0 Å². The monoisotopic (exact) mass is 228 g/mol. The summed E-state index contributed by atoms with van der Waals surface area (Å²) in [5, 5.41) is 10.6. The molecule has 15 heavy (non-hydrogen) atoms. The number of hydrogen-bond acceptors (Lipinski definition) is 2. The predicted molar refractivity (Wildman–Crippen MR) is 62.1 cm³/mol. The molecule has 0 fully saturated rings. The Hall–Kier alpha value is -0.570. The molecule has 0 aliphatic heterocycles. The van der Waals surface area contributed by atoms with Crippen molar-refractivity contribution >= 4 is 11.6 Å². The molecule has 0 aromatic heterocycles. The van der Waals surface area contributed by atoms with Crippen LogP contribution in [0.2, 0.25) is 5.02 Å². The van der Waals surface area contributed by atoms with Gasteiger partial charge >= 0.3 is 0 Å². The average Bonchev–Trinajstić information content (AvgIpc) is 2.17. The van der Waals surface area contributed by atoms with Crippen LogP contribution in [0, 0.1) is 0 Å². The van der Waals surface area contributed by atoms with E-state index in [-0.39, 0.29) is 5.60 Å². The van der Waals surface area contributed by atoms with Gasteiger partial charge in [-0.3, -0.25) is 0 Å². The van der Waals surface area contributed by atoms with E-state index in [9.17, 15) is 5.11 Å². The molecule has 0 heterocycles. The second-order valence-electron chi connectivity index (χ2n) is 4.21. The van der Waals surface area contributed by atoms with Gasteiger partial charge in [0.1, 0.15) is 0 Å². The number of ether oxygens (including phenoxy) is 1. The lowest BCUT2D eigenvalue weighted by molar-refractivity contribution is -0.0200. The molecule has 1 atom stereocenters. The summed E-state index contributed by atoms with van der Waals surface area (Å²) in [7, 11) is 1.64. The summed E-state index contributed by atoms with van der Waals surface area (Å²) in [5.41, 5.74) is 0.405. The topological polar surface area (TPSA) is 29.5 Å². The highest BCUT2D eigenvalue weighted by Crippen LogP contribution is 2.29. The maximum absolute atomic E-state index is 10.0. The van der Waals surface area contributed by atoms with E-state index in [4.69, 9.17) is 16.3 Å². The molecule has 1 aromatic rings. The predicted octanol–water partition coefficient (Wildman–Crippen LogP) is 3.19. The fourth-order valence-corrected chi connectivity index (χ4v) is 1.67. The third-order valence-corrected chi connectivity index (χ3v) is 2.85. The molecular weight excluding hydrogens is 212 g/mol. The zero-order valence-corrected chi connectivity index (χ0v) is 10.1. The fraction of sp³-hybridized carbons (Fsp3) is 0.500. The lowest BCUT2D eigenvalue weighted by atomic mass is 9.96. The first-order chi connectivity index (χ1) is 6.96. The van der Waals surface area contributed by atoms with Crippen LogP contribution in [-0.2, 0) is 4.74 Å². The minimum atomic E-state index is -0.589. The Morgan fingerprint density at radius 3 is 2.53 bits per heavy atom. The van der Waals surface area contributed by atoms with Crippen molar-refractivity contribution < 1.29 is 9.84 Å². The third kappa shape index (κ3) is 3.49. The van der Waals surface area contributed by atoms with Crippen LogP contribution in [0.5, 0.6) is 0 Å². The van der Waals surface area contributed by atoms with E-state index in [1.54, 1.807) is 13.2 Å². The van der Waals surface area contributed by atoms with Gasteiger partial charge in [0.25, 0.3) is 0 Å². The van der Waals surface area contributed by atoms with E-state index >= 15 is 0 Å². The first-order valence-electron chi connectivity index (χ1n) is 4.94. The Kier molecular flexibility index (Phi) is 4.14. The van der Waals surface area contributed by atoms with Crippen LogP contribution in [0.1, 0.15) is 31.9 Å². The van der Waals surface area contributed by atoms with Gasteiger partial charge in [0.2, 0.25) is 0 Å². The summed E-state index contributed by atoms with van der Waals surface area (Å²) in [6.07, 6.45) is -0.0681. The van der Waals surface area contributed by atoms with E-state index in [1.807, 2.05) is 32.0 Å². The molecule has 84 valence electrons. The minimum Gasteiger partial charge on any atom is -0.388 e. The molecule has 0 spiro atoms. The molecule has 2 nitrogen and oxygen atoms in total. The molecule has 0 radical (unpaired) electrons. The second kappa shape index (κ2) is 4.97. The van der Waals surface area contributed by atoms with Crippen LogP contribution >= 0.6 is 11.6 Å². The molecule has 1 aromatic carbocycles. The van der Waals surface area contributed by atoms with E-state index in [0.29, 0.717) is 11.4 Å². The maximum Gasteiger partial charge on any atom is 0.0831 e. The Bertz CT molecular complexity index is 323. The Labute approximate surface area is 95.8 Å². The summed E-state index contributed by atoms with van der Waals surface area (Å²) < 4.78 is 5.27. The van der Waals surface area contributed by atoms with Gasteiger partial charge in [-0.25, -0.2) is 0 Å². The first-order valence-corrected chi connectivity index (χ1v) is 5.32. The number of aliphatic hydroxyl groups is 1. The average molecular weight is 229 g/mol. The molecule has 0 aliphatic rings. The lowest BCUT2D eigenvalue weighted by Gasteiger charge is -2.26. The largest absolute Gasteiger partial charge is 0.388 e. The van der Waals surface area contributed by atoms with Crippen molar-refractivity contribution in [3.05, 3.63) is 34.9 Å². The van der Waals surface area contributed by atoms with Crippen molar-refractivity contribution in [1.82, 2.24) is 0 Å². The number of hydrogen-bond donors (Lipinski definition) is 1. The number of rotatable bonds is 4. The quantitative estimate of drug-likeness (QED) is 0.858. The van der Waals surface area contributed by atoms with Crippen LogP contribution in [0.15, 0.2) is 24.3 Å². The van der Waals surface area contributed by atoms with E-state index in [1.165, 1.54) is 0 Å². The van der Waals surface area contributed by atoms with Crippen molar-refractivity contribution in [2.24, 2.45) is 0 Å². The van der Waals surface area contributed by atoms with Crippen molar-refractivity contribution in [2.45, 2.75) is 32.0 Å².